The second-order valence-electron chi connectivity index (χ2n) is 11.5. The quantitative estimate of drug-likeness (QED) is 0.398. The Hall–Kier alpha value is -3.61. The molecule has 7 nitrogen and oxygen atoms in total. The topological polar surface area (TPSA) is 79.4 Å². The first-order valence-electron chi connectivity index (χ1n) is 14.5. The van der Waals surface area contributed by atoms with Crippen LogP contribution in [0.25, 0.3) is 11.1 Å². The summed E-state index contributed by atoms with van der Waals surface area (Å²) in [6, 6.07) is 17.2. The summed E-state index contributed by atoms with van der Waals surface area (Å²) >= 11 is 0. The van der Waals surface area contributed by atoms with Crippen molar-refractivity contribution in [3.8, 4) is 11.1 Å². The highest BCUT2D eigenvalue weighted by atomic mass is 16.5. The molecular weight excluding hydrogens is 486 g/mol. The minimum atomic E-state index is -0.323. The molecule has 39 heavy (non-hydrogen) atoms. The van der Waals surface area contributed by atoms with Gasteiger partial charge >= 0.3 is 6.09 Å². The normalized spacial score (nSPS) is 19.9. The molecule has 2 N–H and O–H groups in total. The van der Waals surface area contributed by atoms with Gasteiger partial charge in [-0.3, -0.25) is 0 Å². The van der Waals surface area contributed by atoms with Gasteiger partial charge in [-0.2, -0.15) is 4.98 Å². The zero-order chi connectivity index (χ0) is 26.8. The first kappa shape index (κ1) is 25.7. The third-order valence-corrected chi connectivity index (χ3v) is 8.64. The summed E-state index contributed by atoms with van der Waals surface area (Å²) in [4.78, 5) is 24.5. The van der Waals surface area contributed by atoms with E-state index in [1.54, 1.807) is 0 Å². The maximum atomic E-state index is 12.6. The van der Waals surface area contributed by atoms with Gasteiger partial charge in [-0.25, -0.2) is 9.78 Å². The fourth-order valence-corrected chi connectivity index (χ4v) is 6.58. The van der Waals surface area contributed by atoms with Gasteiger partial charge in [0.05, 0.1) is 5.69 Å². The summed E-state index contributed by atoms with van der Waals surface area (Å²) in [5.74, 6) is 2.37. The van der Waals surface area contributed by atoms with Crippen molar-refractivity contribution in [2.24, 2.45) is 5.92 Å². The molecule has 1 saturated carbocycles. The number of rotatable bonds is 7. The number of alkyl carbamates (subject to hydrolysis) is 1. The SMILES string of the molecule is CN(C)c1nc(NC2CCC(CNC(=O)OCC3c4ccccc4-c4ccccc43)CC2)nc2c1CCCC2. The standard InChI is InChI=1S/C32H39N5O2/c1-37(2)30-27-13-7-8-14-29(27)35-31(36-30)34-22-17-15-21(16-18-22)19-33-32(38)39-20-28-25-11-5-3-9-23(25)24-10-4-6-12-26(24)28/h3-6,9-12,21-22,28H,7-8,13-20H2,1-2H3,(H,33,38)(H,34,35,36). The molecule has 1 fully saturated rings. The zero-order valence-corrected chi connectivity index (χ0v) is 23.1. The lowest BCUT2D eigenvalue weighted by Gasteiger charge is -2.30. The van der Waals surface area contributed by atoms with E-state index in [9.17, 15) is 4.79 Å². The number of aromatic nitrogens is 2. The van der Waals surface area contributed by atoms with Crippen molar-refractivity contribution >= 4 is 17.9 Å². The van der Waals surface area contributed by atoms with Crippen LogP contribution >= 0.6 is 0 Å². The molecule has 0 bridgehead atoms. The summed E-state index contributed by atoms with van der Waals surface area (Å²) in [6.07, 6.45) is 8.45. The Morgan fingerprint density at radius 2 is 1.59 bits per heavy atom. The van der Waals surface area contributed by atoms with Gasteiger partial charge in [-0.15, -0.1) is 0 Å². The van der Waals surface area contributed by atoms with Crippen molar-refractivity contribution in [2.45, 2.75) is 63.3 Å². The first-order valence-corrected chi connectivity index (χ1v) is 14.5. The van der Waals surface area contributed by atoms with Crippen LogP contribution in [0.3, 0.4) is 0 Å². The lowest BCUT2D eigenvalue weighted by Crippen LogP contribution is -2.35. The number of aryl methyl sites for hydroxylation is 1. The molecule has 0 saturated heterocycles. The number of carbonyl (C=O) groups excluding carboxylic acids is 1. The van der Waals surface area contributed by atoms with E-state index in [1.165, 1.54) is 46.4 Å². The number of anilines is 2. The number of ether oxygens (including phenoxy) is 1. The van der Waals surface area contributed by atoms with Gasteiger partial charge in [-0.1, -0.05) is 48.5 Å². The van der Waals surface area contributed by atoms with Gasteiger partial charge in [0.2, 0.25) is 5.95 Å². The minimum Gasteiger partial charge on any atom is -0.449 e. The van der Waals surface area contributed by atoms with Crippen LogP contribution in [0.1, 0.15) is 66.8 Å². The Balaban J connectivity index is 0.976. The number of nitrogens with one attached hydrogen (secondary N) is 2. The molecule has 2 aromatic carbocycles. The number of carbonyl (C=O) groups is 1. The molecule has 1 amide bonds. The summed E-state index contributed by atoms with van der Waals surface area (Å²) < 4.78 is 5.72. The number of hydrogen-bond donors (Lipinski definition) is 2. The number of nitrogens with zero attached hydrogens (tertiary/aromatic N) is 3. The van der Waals surface area contributed by atoms with Crippen LogP contribution in [0.4, 0.5) is 16.6 Å². The number of hydrogen-bond acceptors (Lipinski definition) is 6. The molecular formula is C32H39N5O2. The van der Waals surface area contributed by atoms with Crippen molar-refractivity contribution < 1.29 is 9.53 Å². The highest BCUT2D eigenvalue weighted by Crippen LogP contribution is 2.44. The van der Waals surface area contributed by atoms with E-state index < -0.39 is 0 Å². The Bertz CT molecular complexity index is 1290. The molecule has 0 radical (unpaired) electrons. The fraction of sp³-hybridized carbons (Fsp3) is 0.469. The van der Waals surface area contributed by atoms with Gasteiger partial charge in [0.1, 0.15) is 12.4 Å². The summed E-state index contributed by atoms with van der Waals surface area (Å²) in [5, 5.41) is 6.65. The third-order valence-electron chi connectivity index (χ3n) is 8.64. The highest BCUT2D eigenvalue weighted by Gasteiger charge is 2.29. The van der Waals surface area contributed by atoms with E-state index in [2.05, 4.69) is 78.2 Å². The van der Waals surface area contributed by atoms with E-state index in [4.69, 9.17) is 14.7 Å². The van der Waals surface area contributed by atoms with E-state index in [0.29, 0.717) is 25.1 Å². The smallest absolute Gasteiger partial charge is 0.407 e. The van der Waals surface area contributed by atoms with Crippen LogP contribution in [-0.4, -0.2) is 49.4 Å². The monoisotopic (exact) mass is 525 g/mol. The van der Waals surface area contributed by atoms with Gasteiger partial charge in [0, 0.05) is 38.2 Å². The molecule has 6 rings (SSSR count). The van der Waals surface area contributed by atoms with Gasteiger partial charge < -0.3 is 20.3 Å². The van der Waals surface area contributed by atoms with Crippen molar-refractivity contribution in [3.63, 3.8) is 0 Å². The molecule has 3 aliphatic carbocycles. The first-order chi connectivity index (χ1) is 19.1. The van der Waals surface area contributed by atoms with Gasteiger partial charge in [0.15, 0.2) is 0 Å². The van der Waals surface area contributed by atoms with Crippen molar-refractivity contribution in [3.05, 3.63) is 70.9 Å². The van der Waals surface area contributed by atoms with Crippen LogP contribution < -0.4 is 15.5 Å². The van der Waals surface area contributed by atoms with Crippen molar-refractivity contribution in [2.75, 3.05) is 37.5 Å². The number of amides is 1. The summed E-state index contributed by atoms with van der Waals surface area (Å²) in [7, 11) is 4.13. The van der Waals surface area contributed by atoms with Crippen molar-refractivity contribution in [1.29, 1.82) is 0 Å². The predicted molar refractivity (Wildman–Crippen MR) is 155 cm³/mol. The van der Waals surface area contributed by atoms with Gasteiger partial charge in [0.25, 0.3) is 0 Å². The highest BCUT2D eigenvalue weighted by molar-refractivity contribution is 5.79. The molecule has 0 spiro atoms. The molecule has 7 heteroatoms. The van der Waals surface area contributed by atoms with Crippen LogP contribution in [0.15, 0.2) is 48.5 Å². The Morgan fingerprint density at radius 3 is 2.28 bits per heavy atom. The van der Waals surface area contributed by atoms with Crippen LogP contribution in [0.2, 0.25) is 0 Å². The fourth-order valence-electron chi connectivity index (χ4n) is 6.58. The summed E-state index contributed by atoms with van der Waals surface area (Å²) in [6.45, 7) is 1.01. The maximum absolute atomic E-state index is 12.6. The van der Waals surface area contributed by atoms with E-state index in [-0.39, 0.29) is 12.0 Å². The van der Waals surface area contributed by atoms with Gasteiger partial charge in [-0.05, 0) is 79.5 Å². The van der Waals surface area contributed by atoms with E-state index >= 15 is 0 Å². The second kappa shape index (κ2) is 11.2. The Morgan fingerprint density at radius 1 is 0.923 bits per heavy atom. The largest absolute Gasteiger partial charge is 0.449 e. The molecule has 204 valence electrons. The van der Waals surface area contributed by atoms with Crippen LogP contribution in [0, 0.1) is 5.92 Å². The molecule has 3 aliphatic rings. The Labute approximate surface area is 231 Å². The minimum absolute atomic E-state index is 0.0866. The van der Waals surface area contributed by atoms with E-state index in [1.807, 2.05) is 0 Å². The van der Waals surface area contributed by atoms with E-state index in [0.717, 1.165) is 50.3 Å². The maximum Gasteiger partial charge on any atom is 0.407 e. The number of fused-ring (bicyclic) bond motifs is 4. The molecule has 1 aromatic heterocycles. The lowest BCUT2D eigenvalue weighted by atomic mass is 9.86. The van der Waals surface area contributed by atoms with Crippen molar-refractivity contribution in [1.82, 2.24) is 15.3 Å². The average molecular weight is 526 g/mol. The third kappa shape index (κ3) is 5.45. The molecule has 1 heterocycles. The lowest BCUT2D eigenvalue weighted by molar-refractivity contribution is 0.140. The average Bonchev–Trinajstić information content (AvgIpc) is 3.29. The predicted octanol–water partition coefficient (Wildman–Crippen LogP) is 5.93. The van der Waals surface area contributed by atoms with Crippen LogP contribution in [-0.2, 0) is 17.6 Å². The summed E-state index contributed by atoms with van der Waals surface area (Å²) in [5.41, 5.74) is 7.48. The zero-order valence-electron chi connectivity index (χ0n) is 23.1. The second-order valence-corrected chi connectivity index (χ2v) is 11.5. The van der Waals surface area contributed by atoms with Crippen LogP contribution in [0.5, 0.6) is 0 Å². The number of benzene rings is 2. The molecule has 0 aliphatic heterocycles. The Kier molecular flexibility index (Phi) is 7.40. The molecule has 0 atom stereocenters. The molecule has 0 unspecified atom stereocenters. The molecule has 3 aromatic rings.